The van der Waals surface area contributed by atoms with Crippen molar-refractivity contribution in [3.63, 3.8) is 0 Å². The second-order valence-electron chi connectivity index (χ2n) is 5.24. The fourth-order valence-corrected chi connectivity index (χ4v) is 2.80. The molecule has 0 saturated carbocycles. The van der Waals surface area contributed by atoms with Gasteiger partial charge in [-0.1, -0.05) is 23.7 Å². The number of carbonyl (C=O) groups excluding carboxylic acids is 2. The molecular formula is C17H14ClNO2. The Morgan fingerprint density at radius 1 is 1.24 bits per heavy atom. The lowest BCUT2D eigenvalue weighted by molar-refractivity contribution is -0.117. The van der Waals surface area contributed by atoms with Gasteiger partial charge in [-0.2, -0.15) is 0 Å². The quantitative estimate of drug-likeness (QED) is 0.797. The van der Waals surface area contributed by atoms with Gasteiger partial charge in [-0.15, -0.1) is 0 Å². The van der Waals surface area contributed by atoms with Crippen LogP contribution in [-0.4, -0.2) is 18.7 Å². The second kappa shape index (κ2) is 5.01. The lowest BCUT2D eigenvalue weighted by atomic mass is 9.99. The monoisotopic (exact) mass is 299 g/mol. The van der Waals surface area contributed by atoms with Crippen LogP contribution in [0.25, 0.3) is 0 Å². The van der Waals surface area contributed by atoms with Crippen LogP contribution in [0.1, 0.15) is 27.0 Å². The maximum Gasteiger partial charge on any atom is 0.231 e. The SMILES string of the molecule is Cc1cccc(C(=O)c2ccc3c(c2)CC(=O)N3C)c1Cl. The van der Waals surface area contributed by atoms with Crippen LogP contribution < -0.4 is 4.90 Å². The van der Waals surface area contributed by atoms with E-state index in [1.165, 1.54) is 0 Å². The van der Waals surface area contributed by atoms with Crippen LogP contribution in [0.2, 0.25) is 5.02 Å². The number of amides is 1. The number of anilines is 1. The summed E-state index contributed by atoms with van der Waals surface area (Å²) in [5, 5.41) is 0.483. The van der Waals surface area contributed by atoms with E-state index in [-0.39, 0.29) is 11.7 Å². The summed E-state index contributed by atoms with van der Waals surface area (Å²) in [7, 11) is 1.74. The molecule has 2 aromatic carbocycles. The largest absolute Gasteiger partial charge is 0.315 e. The molecule has 1 aliphatic rings. The number of ketones is 1. The summed E-state index contributed by atoms with van der Waals surface area (Å²) >= 11 is 6.22. The van der Waals surface area contributed by atoms with Crippen LogP contribution in [0, 0.1) is 6.92 Å². The van der Waals surface area contributed by atoms with Crippen molar-refractivity contribution in [2.75, 3.05) is 11.9 Å². The number of likely N-dealkylation sites (N-methyl/N-ethyl adjacent to an activating group) is 1. The lowest BCUT2D eigenvalue weighted by Gasteiger charge is -2.11. The Kier molecular flexibility index (Phi) is 3.30. The molecule has 0 bridgehead atoms. The van der Waals surface area contributed by atoms with E-state index in [1.807, 2.05) is 25.1 Å². The zero-order chi connectivity index (χ0) is 15.1. The van der Waals surface area contributed by atoms with Gasteiger partial charge in [-0.3, -0.25) is 9.59 Å². The summed E-state index contributed by atoms with van der Waals surface area (Å²) in [4.78, 5) is 25.9. The average molecular weight is 300 g/mol. The van der Waals surface area contributed by atoms with Gasteiger partial charge < -0.3 is 4.90 Å². The Morgan fingerprint density at radius 3 is 2.76 bits per heavy atom. The second-order valence-corrected chi connectivity index (χ2v) is 5.62. The Labute approximate surface area is 128 Å². The topological polar surface area (TPSA) is 37.4 Å². The van der Waals surface area contributed by atoms with E-state index in [4.69, 9.17) is 11.6 Å². The maximum absolute atomic E-state index is 12.6. The zero-order valence-electron chi connectivity index (χ0n) is 11.8. The molecule has 0 atom stereocenters. The van der Waals surface area contributed by atoms with Crippen molar-refractivity contribution in [2.24, 2.45) is 0 Å². The van der Waals surface area contributed by atoms with Gasteiger partial charge in [0.15, 0.2) is 5.78 Å². The van der Waals surface area contributed by atoms with Crippen molar-refractivity contribution < 1.29 is 9.59 Å². The molecule has 1 heterocycles. The molecule has 0 radical (unpaired) electrons. The van der Waals surface area contributed by atoms with Crippen molar-refractivity contribution in [3.05, 3.63) is 63.7 Å². The van der Waals surface area contributed by atoms with Crippen molar-refractivity contribution in [1.82, 2.24) is 0 Å². The van der Waals surface area contributed by atoms with Crippen LogP contribution in [0.5, 0.6) is 0 Å². The van der Waals surface area contributed by atoms with E-state index in [0.717, 1.165) is 16.8 Å². The molecule has 3 nitrogen and oxygen atoms in total. The maximum atomic E-state index is 12.6. The molecule has 0 saturated heterocycles. The average Bonchev–Trinajstić information content (AvgIpc) is 2.76. The highest BCUT2D eigenvalue weighted by Gasteiger charge is 2.25. The first-order valence-corrected chi connectivity index (χ1v) is 7.06. The predicted octanol–water partition coefficient (Wildman–Crippen LogP) is 3.40. The summed E-state index contributed by atoms with van der Waals surface area (Å²) in [6.07, 6.45) is 0.342. The summed E-state index contributed by atoms with van der Waals surface area (Å²) in [6.45, 7) is 1.87. The van der Waals surface area contributed by atoms with E-state index in [1.54, 1.807) is 30.1 Å². The van der Waals surface area contributed by atoms with Gasteiger partial charge >= 0.3 is 0 Å². The Hall–Kier alpha value is -2.13. The number of aryl methyl sites for hydroxylation is 1. The molecule has 0 unspecified atom stereocenters. The van der Waals surface area contributed by atoms with E-state index in [9.17, 15) is 9.59 Å². The molecule has 0 aromatic heterocycles. The van der Waals surface area contributed by atoms with Crippen LogP contribution in [-0.2, 0) is 11.2 Å². The number of nitrogens with zero attached hydrogens (tertiary/aromatic N) is 1. The minimum Gasteiger partial charge on any atom is -0.315 e. The normalized spacial score (nSPS) is 13.5. The number of hydrogen-bond donors (Lipinski definition) is 0. The molecule has 0 spiro atoms. The van der Waals surface area contributed by atoms with E-state index < -0.39 is 0 Å². The van der Waals surface area contributed by atoms with Crippen molar-refractivity contribution in [2.45, 2.75) is 13.3 Å². The summed E-state index contributed by atoms with van der Waals surface area (Å²) < 4.78 is 0. The van der Waals surface area contributed by atoms with Gasteiger partial charge in [0.05, 0.1) is 11.4 Å². The molecule has 106 valence electrons. The molecular weight excluding hydrogens is 286 g/mol. The fourth-order valence-electron chi connectivity index (χ4n) is 2.59. The van der Waals surface area contributed by atoms with E-state index in [2.05, 4.69) is 0 Å². The standard InChI is InChI=1S/C17H14ClNO2/c1-10-4-3-5-13(16(10)18)17(21)11-6-7-14-12(8-11)9-15(20)19(14)2/h3-8H,9H2,1-2H3. The van der Waals surface area contributed by atoms with Crippen LogP contribution >= 0.6 is 11.6 Å². The third-order valence-corrected chi connectivity index (χ3v) is 4.36. The number of fused-ring (bicyclic) bond motifs is 1. The van der Waals surface area contributed by atoms with Gasteiger partial charge in [-0.25, -0.2) is 0 Å². The first-order valence-electron chi connectivity index (χ1n) is 6.68. The molecule has 4 heteroatoms. The number of benzene rings is 2. The van der Waals surface area contributed by atoms with Gasteiger partial charge in [0, 0.05) is 23.9 Å². The molecule has 1 amide bonds. The van der Waals surface area contributed by atoms with Gasteiger partial charge in [0.25, 0.3) is 0 Å². The summed E-state index contributed by atoms with van der Waals surface area (Å²) in [6, 6.07) is 10.8. The van der Waals surface area contributed by atoms with E-state index >= 15 is 0 Å². The fraction of sp³-hybridized carbons (Fsp3) is 0.176. The van der Waals surface area contributed by atoms with Gasteiger partial charge in [-0.05, 0) is 42.3 Å². The minimum atomic E-state index is -0.117. The first-order chi connectivity index (χ1) is 9.99. The van der Waals surface area contributed by atoms with Gasteiger partial charge in [0.1, 0.15) is 0 Å². The first kappa shape index (κ1) is 13.8. The number of carbonyl (C=O) groups is 2. The summed E-state index contributed by atoms with van der Waals surface area (Å²) in [5.74, 6) is -0.0725. The van der Waals surface area contributed by atoms with Crippen LogP contribution in [0.3, 0.4) is 0 Å². The lowest BCUT2D eigenvalue weighted by Crippen LogP contribution is -2.20. The number of hydrogen-bond acceptors (Lipinski definition) is 2. The van der Waals surface area contributed by atoms with Crippen molar-refractivity contribution in [1.29, 1.82) is 0 Å². The van der Waals surface area contributed by atoms with Crippen LogP contribution in [0.15, 0.2) is 36.4 Å². The van der Waals surface area contributed by atoms with Gasteiger partial charge in [0.2, 0.25) is 5.91 Å². The molecule has 0 aliphatic carbocycles. The molecule has 21 heavy (non-hydrogen) atoms. The Morgan fingerprint density at radius 2 is 2.00 bits per heavy atom. The zero-order valence-corrected chi connectivity index (χ0v) is 12.6. The van der Waals surface area contributed by atoms with Crippen molar-refractivity contribution in [3.8, 4) is 0 Å². The molecule has 0 fully saturated rings. The Balaban J connectivity index is 2.02. The van der Waals surface area contributed by atoms with Crippen LogP contribution in [0.4, 0.5) is 5.69 Å². The Bertz CT molecular complexity index is 767. The molecule has 2 aromatic rings. The highest BCUT2D eigenvalue weighted by Crippen LogP contribution is 2.30. The third kappa shape index (κ3) is 2.24. The van der Waals surface area contributed by atoms with E-state index in [0.29, 0.717) is 22.6 Å². The molecule has 1 aliphatic heterocycles. The third-order valence-electron chi connectivity index (χ3n) is 3.86. The number of rotatable bonds is 2. The minimum absolute atomic E-state index is 0.0446. The molecule has 0 N–H and O–H groups in total. The molecule has 3 rings (SSSR count). The highest BCUT2D eigenvalue weighted by atomic mass is 35.5. The number of halogens is 1. The predicted molar refractivity (Wildman–Crippen MR) is 83.2 cm³/mol. The smallest absolute Gasteiger partial charge is 0.231 e. The summed E-state index contributed by atoms with van der Waals surface area (Å²) in [5.41, 5.74) is 3.68. The van der Waals surface area contributed by atoms with Crippen molar-refractivity contribution >= 4 is 29.0 Å². The highest BCUT2D eigenvalue weighted by molar-refractivity contribution is 6.35.